The number of anilines is 1. The lowest BCUT2D eigenvalue weighted by molar-refractivity contribution is -0.00213. The lowest BCUT2D eigenvalue weighted by atomic mass is 9.83. The summed E-state index contributed by atoms with van der Waals surface area (Å²) in [5.74, 6) is 1.60. The predicted octanol–water partition coefficient (Wildman–Crippen LogP) is 2.96. The summed E-state index contributed by atoms with van der Waals surface area (Å²) in [4.78, 5) is 10.8. The van der Waals surface area contributed by atoms with E-state index in [1.165, 1.54) is 11.8 Å². The number of hydrogen-bond donors (Lipinski definition) is 1. The number of sulfonamides is 1. The SMILES string of the molecule is CS(=O)(=O)NC1CCN(c2ccccn2)CC1COC1CCC(c2ccncc2)CC1. The summed E-state index contributed by atoms with van der Waals surface area (Å²) >= 11 is 0. The topological polar surface area (TPSA) is 84.4 Å². The van der Waals surface area contributed by atoms with Crippen LogP contribution in [0.4, 0.5) is 5.82 Å². The first-order chi connectivity index (χ1) is 15.0. The highest BCUT2D eigenvalue weighted by molar-refractivity contribution is 7.88. The van der Waals surface area contributed by atoms with Crippen LogP contribution < -0.4 is 9.62 Å². The molecule has 2 unspecified atom stereocenters. The number of pyridine rings is 2. The maximum absolute atomic E-state index is 11.9. The quantitative estimate of drug-likeness (QED) is 0.707. The second-order valence-corrected chi connectivity index (χ2v) is 10.5. The van der Waals surface area contributed by atoms with E-state index in [4.69, 9.17) is 4.74 Å². The van der Waals surface area contributed by atoms with Gasteiger partial charge in [-0.2, -0.15) is 0 Å². The Morgan fingerprint density at radius 1 is 1.06 bits per heavy atom. The molecule has 2 aromatic heterocycles. The standard InChI is InChI=1S/C23H32N4O3S/c1-31(28,29)26-22-11-15-27(23-4-2-3-12-25-23)16-20(22)17-30-21-7-5-18(6-8-21)19-9-13-24-14-10-19/h2-4,9-10,12-14,18,20-22,26H,5-8,11,15-17H2,1H3. The fourth-order valence-corrected chi connectivity index (χ4v) is 5.70. The lowest BCUT2D eigenvalue weighted by Crippen LogP contribution is -2.52. The second-order valence-electron chi connectivity index (χ2n) is 8.77. The molecule has 1 aliphatic carbocycles. The molecule has 4 rings (SSSR count). The molecular weight excluding hydrogens is 412 g/mol. The first kappa shape index (κ1) is 22.2. The van der Waals surface area contributed by atoms with Gasteiger partial charge < -0.3 is 9.64 Å². The monoisotopic (exact) mass is 444 g/mol. The molecule has 0 amide bonds. The molecule has 3 heterocycles. The van der Waals surface area contributed by atoms with Gasteiger partial charge in [0.1, 0.15) is 5.82 Å². The summed E-state index contributed by atoms with van der Waals surface area (Å²) in [6, 6.07) is 10.0. The molecule has 1 saturated heterocycles. The summed E-state index contributed by atoms with van der Waals surface area (Å²) in [7, 11) is -3.26. The van der Waals surface area contributed by atoms with Gasteiger partial charge in [-0.3, -0.25) is 4.98 Å². The van der Waals surface area contributed by atoms with Crippen LogP contribution in [0.15, 0.2) is 48.9 Å². The largest absolute Gasteiger partial charge is 0.378 e. The third kappa shape index (κ3) is 6.24. The average molecular weight is 445 g/mol. The summed E-state index contributed by atoms with van der Waals surface area (Å²) in [5.41, 5.74) is 1.36. The van der Waals surface area contributed by atoms with Crippen LogP contribution in [0.1, 0.15) is 43.6 Å². The molecule has 8 heteroatoms. The van der Waals surface area contributed by atoms with E-state index in [2.05, 4.69) is 31.7 Å². The molecule has 2 aromatic rings. The van der Waals surface area contributed by atoms with Crippen LogP contribution in [0.25, 0.3) is 0 Å². The van der Waals surface area contributed by atoms with Crippen molar-refractivity contribution in [3.8, 4) is 0 Å². The first-order valence-corrected chi connectivity index (χ1v) is 13.0. The van der Waals surface area contributed by atoms with Gasteiger partial charge in [0.05, 0.1) is 19.0 Å². The van der Waals surface area contributed by atoms with E-state index in [1.807, 2.05) is 30.6 Å². The zero-order valence-corrected chi connectivity index (χ0v) is 18.9. The number of rotatable bonds is 7. The number of nitrogens with one attached hydrogen (secondary N) is 1. The Hall–Kier alpha value is -2.03. The van der Waals surface area contributed by atoms with E-state index in [0.29, 0.717) is 12.5 Å². The van der Waals surface area contributed by atoms with Crippen molar-refractivity contribution in [2.24, 2.45) is 5.92 Å². The zero-order valence-electron chi connectivity index (χ0n) is 18.1. The molecule has 1 aliphatic heterocycles. The maximum Gasteiger partial charge on any atom is 0.208 e. The highest BCUT2D eigenvalue weighted by atomic mass is 32.2. The minimum atomic E-state index is -3.26. The highest BCUT2D eigenvalue weighted by Crippen LogP contribution is 2.34. The van der Waals surface area contributed by atoms with E-state index in [9.17, 15) is 8.42 Å². The van der Waals surface area contributed by atoms with Crippen LogP contribution in [0.3, 0.4) is 0 Å². The van der Waals surface area contributed by atoms with Crippen molar-refractivity contribution >= 4 is 15.8 Å². The van der Waals surface area contributed by atoms with Gasteiger partial charge in [0.15, 0.2) is 0 Å². The Morgan fingerprint density at radius 2 is 1.84 bits per heavy atom. The fourth-order valence-electron chi connectivity index (χ4n) is 4.84. The van der Waals surface area contributed by atoms with Crippen molar-refractivity contribution in [3.05, 3.63) is 54.5 Å². The minimum absolute atomic E-state index is 0.0865. The number of nitrogens with zero attached hydrogens (tertiary/aromatic N) is 3. The number of hydrogen-bond acceptors (Lipinski definition) is 6. The van der Waals surface area contributed by atoms with Gasteiger partial charge in [0, 0.05) is 43.6 Å². The molecule has 2 atom stereocenters. The molecule has 1 N–H and O–H groups in total. The van der Waals surface area contributed by atoms with Crippen LogP contribution in [-0.2, 0) is 14.8 Å². The molecule has 0 aromatic carbocycles. The Kier molecular flexibility index (Phi) is 7.20. The normalized spacial score (nSPS) is 27.2. The van der Waals surface area contributed by atoms with E-state index in [-0.39, 0.29) is 18.1 Å². The van der Waals surface area contributed by atoms with E-state index < -0.39 is 10.0 Å². The molecule has 31 heavy (non-hydrogen) atoms. The van der Waals surface area contributed by atoms with Crippen LogP contribution in [0.5, 0.6) is 0 Å². The number of ether oxygens (including phenoxy) is 1. The predicted molar refractivity (Wildman–Crippen MR) is 122 cm³/mol. The number of piperidine rings is 1. The van der Waals surface area contributed by atoms with Crippen molar-refractivity contribution < 1.29 is 13.2 Å². The Labute approximate surface area is 185 Å². The van der Waals surface area contributed by atoms with Crippen molar-refractivity contribution in [3.63, 3.8) is 0 Å². The molecule has 0 radical (unpaired) electrons. The Morgan fingerprint density at radius 3 is 2.52 bits per heavy atom. The fraction of sp³-hybridized carbons (Fsp3) is 0.565. The van der Waals surface area contributed by atoms with Gasteiger partial charge in [0.25, 0.3) is 0 Å². The molecular formula is C23H32N4O3S. The average Bonchev–Trinajstić information content (AvgIpc) is 2.79. The third-order valence-electron chi connectivity index (χ3n) is 6.47. The summed E-state index contributed by atoms with van der Waals surface area (Å²) in [6.07, 6.45) is 12.0. The second kappa shape index (κ2) is 10.1. The minimum Gasteiger partial charge on any atom is -0.378 e. The van der Waals surface area contributed by atoms with Crippen LogP contribution in [0.2, 0.25) is 0 Å². The summed E-state index contributed by atoms with van der Waals surface area (Å²) in [6.45, 7) is 2.06. The van der Waals surface area contributed by atoms with Crippen molar-refractivity contribution in [2.75, 3.05) is 30.9 Å². The van der Waals surface area contributed by atoms with Crippen LogP contribution in [0, 0.1) is 5.92 Å². The molecule has 0 spiro atoms. The van der Waals surface area contributed by atoms with E-state index >= 15 is 0 Å². The van der Waals surface area contributed by atoms with Crippen molar-refractivity contribution in [2.45, 2.75) is 50.2 Å². The summed E-state index contributed by atoms with van der Waals surface area (Å²) < 4.78 is 33.0. The van der Waals surface area contributed by atoms with Gasteiger partial charge >= 0.3 is 0 Å². The summed E-state index contributed by atoms with van der Waals surface area (Å²) in [5, 5.41) is 0. The van der Waals surface area contributed by atoms with E-state index in [1.54, 1.807) is 6.20 Å². The van der Waals surface area contributed by atoms with E-state index in [0.717, 1.165) is 51.0 Å². The molecule has 7 nitrogen and oxygen atoms in total. The molecule has 2 aliphatic rings. The Bertz CT molecular complexity index is 918. The van der Waals surface area contributed by atoms with Gasteiger partial charge in [-0.1, -0.05) is 6.07 Å². The smallest absolute Gasteiger partial charge is 0.208 e. The number of aromatic nitrogens is 2. The van der Waals surface area contributed by atoms with Crippen molar-refractivity contribution in [1.29, 1.82) is 0 Å². The highest BCUT2D eigenvalue weighted by Gasteiger charge is 2.33. The lowest BCUT2D eigenvalue weighted by Gasteiger charge is -2.40. The molecule has 1 saturated carbocycles. The third-order valence-corrected chi connectivity index (χ3v) is 7.20. The van der Waals surface area contributed by atoms with Crippen molar-refractivity contribution in [1.82, 2.24) is 14.7 Å². The van der Waals surface area contributed by atoms with Crippen LogP contribution in [-0.4, -0.2) is 56.5 Å². The maximum atomic E-state index is 11.9. The Balaban J connectivity index is 1.34. The van der Waals surface area contributed by atoms with Gasteiger partial charge in [0.2, 0.25) is 10.0 Å². The van der Waals surface area contributed by atoms with Gasteiger partial charge in [-0.25, -0.2) is 18.1 Å². The molecule has 0 bridgehead atoms. The zero-order chi connectivity index (χ0) is 21.7. The molecule has 168 valence electrons. The first-order valence-electron chi connectivity index (χ1n) is 11.1. The van der Waals surface area contributed by atoms with Gasteiger partial charge in [-0.15, -0.1) is 0 Å². The van der Waals surface area contributed by atoms with Gasteiger partial charge in [-0.05, 0) is 67.9 Å². The van der Waals surface area contributed by atoms with Crippen LogP contribution >= 0.6 is 0 Å². The molecule has 2 fully saturated rings.